The van der Waals surface area contributed by atoms with E-state index in [1.807, 2.05) is 0 Å². The van der Waals surface area contributed by atoms with Gasteiger partial charge in [0.25, 0.3) is 5.91 Å². The molecule has 2 aromatic rings. The summed E-state index contributed by atoms with van der Waals surface area (Å²) in [6.07, 6.45) is 1.27. The third-order valence-corrected chi connectivity index (χ3v) is 2.41. The number of anilines is 1. The number of carbonyl (C=O) groups is 1. The minimum Gasteiger partial charge on any atom is -0.454 e. The maximum absolute atomic E-state index is 12.0. The van der Waals surface area contributed by atoms with E-state index in [4.69, 9.17) is 15.2 Å². The van der Waals surface area contributed by atoms with E-state index in [9.17, 15) is 4.79 Å². The normalized spacial score (nSPS) is 12.7. The van der Waals surface area contributed by atoms with Gasteiger partial charge in [-0.3, -0.25) is 4.79 Å². The first-order valence-corrected chi connectivity index (χ1v) is 4.85. The number of ether oxygens (including phenoxy) is 2. The highest BCUT2D eigenvalue weighted by molar-refractivity contribution is 5.97. The summed E-state index contributed by atoms with van der Waals surface area (Å²) in [5.41, 5.74) is 5.94. The SMILES string of the molecule is Nc1nncn1C(=O)c1ccc2c(c1)OCO2. The zero-order valence-electron chi connectivity index (χ0n) is 8.66. The number of aromatic nitrogens is 3. The van der Waals surface area contributed by atoms with E-state index < -0.39 is 0 Å². The van der Waals surface area contributed by atoms with Gasteiger partial charge in [0.15, 0.2) is 11.5 Å². The molecule has 86 valence electrons. The lowest BCUT2D eigenvalue weighted by atomic mass is 10.2. The number of rotatable bonds is 1. The second-order valence-corrected chi connectivity index (χ2v) is 3.43. The Labute approximate surface area is 95.8 Å². The molecule has 1 aliphatic heterocycles. The molecular formula is C10H8N4O3. The molecule has 7 nitrogen and oxygen atoms in total. The van der Waals surface area contributed by atoms with Gasteiger partial charge >= 0.3 is 0 Å². The van der Waals surface area contributed by atoms with Crippen molar-refractivity contribution in [3.63, 3.8) is 0 Å². The topological polar surface area (TPSA) is 92.3 Å². The molecule has 1 aromatic heterocycles. The summed E-state index contributed by atoms with van der Waals surface area (Å²) in [5, 5.41) is 7.10. The maximum Gasteiger partial charge on any atom is 0.266 e. The predicted molar refractivity (Wildman–Crippen MR) is 56.7 cm³/mol. The molecule has 2 N–H and O–H groups in total. The van der Waals surface area contributed by atoms with Crippen LogP contribution in [0.3, 0.4) is 0 Å². The van der Waals surface area contributed by atoms with Crippen LogP contribution in [0.5, 0.6) is 11.5 Å². The molecule has 1 aromatic carbocycles. The molecule has 0 saturated carbocycles. The van der Waals surface area contributed by atoms with Crippen molar-refractivity contribution in [3.8, 4) is 11.5 Å². The van der Waals surface area contributed by atoms with Gasteiger partial charge in [-0.25, -0.2) is 4.57 Å². The van der Waals surface area contributed by atoms with Crippen molar-refractivity contribution >= 4 is 11.9 Å². The van der Waals surface area contributed by atoms with Crippen LogP contribution in [0, 0.1) is 0 Å². The molecule has 0 spiro atoms. The van der Waals surface area contributed by atoms with Gasteiger partial charge in [-0.1, -0.05) is 0 Å². The van der Waals surface area contributed by atoms with E-state index in [0.717, 1.165) is 4.57 Å². The number of nitrogens with zero attached hydrogens (tertiary/aromatic N) is 3. The maximum atomic E-state index is 12.0. The number of benzene rings is 1. The number of nitrogens with two attached hydrogens (primary N) is 1. The quantitative estimate of drug-likeness (QED) is 0.759. The summed E-state index contributed by atoms with van der Waals surface area (Å²) < 4.78 is 11.5. The lowest BCUT2D eigenvalue weighted by Gasteiger charge is -2.03. The van der Waals surface area contributed by atoms with Crippen LogP contribution < -0.4 is 15.2 Å². The number of hydrogen-bond acceptors (Lipinski definition) is 6. The summed E-state index contributed by atoms with van der Waals surface area (Å²) in [5.74, 6) is 0.902. The van der Waals surface area contributed by atoms with Gasteiger partial charge in [0, 0.05) is 5.56 Å². The molecule has 0 radical (unpaired) electrons. The molecule has 0 saturated heterocycles. The lowest BCUT2D eigenvalue weighted by Crippen LogP contribution is -2.13. The van der Waals surface area contributed by atoms with Crippen LogP contribution in [-0.2, 0) is 0 Å². The minimum absolute atomic E-state index is 0.0488. The Kier molecular flexibility index (Phi) is 1.97. The monoisotopic (exact) mass is 232 g/mol. The van der Waals surface area contributed by atoms with Gasteiger partial charge in [0.1, 0.15) is 6.33 Å². The van der Waals surface area contributed by atoms with E-state index >= 15 is 0 Å². The van der Waals surface area contributed by atoms with Crippen LogP contribution in [0.1, 0.15) is 10.4 Å². The summed E-state index contributed by atoms with van der Waals surface area (Å²) in [7, 11) is 0. The Balaban J connectivity index is 2.00. The fourth-order valence-electron chi connectivity index (χ4n) is 1.57. The highest BCUT2D eigenvalue weighted by atomic mass is 16.7. The second kappa shape index (κ2) is 3.48. The summed E-state index contributed by atoms with van der Waals surface area (Å²) >= 11 is 0. The molecular weight excluding hydrogens is 224 g/mol. The third-order valence-electron chi connectivity index (χ3n) is 2.41. The summed E-state index contributed by atoms with van der Waals surface area (Å²) in [6.45, 7) is 0.168. The average Bonchev–Trinajstić information content (AvgIpc) is 2.95. The molecule has 17 heavy (non-hydrogen) atoms. The molecule has 0 amide bonds. The lowest BCUT2D eigenvalue weighted by molar-refractivity contribution is 0.0961. The van der Waals surface area contributed by atoms with Crippen molar-refractivity contribution in [2.45, 2.75) is 0 Å². The second-order valence-electron chi connectivity index (χ2n) is 3.43. The van der Waals surface area contributed by atoms with Crippen LogP contribution in [0.2, 0.25) is 0 Å². The minimum atomic E-state index is -0.314. The fraction of sp³-hybridized carbons (Fsp3) is 0.100. The molecule has 0 atom stereocenters. The first-order chi connectivity index (χ1) is 8.25. The van der Waals surface area contributed by atoms with Crippen LogP contribution in [0.25, 0.3) is 0 Å². The van der Waals surface area contributed by atoms with E-state index in [0.29, 0.717) is 17.1 Å². The van der Waals surface area contributed by atoms with Crippen LogP contribution in [0.4, 0.5) is 5.95 Å². The molecule has 0 bridgehead atoms. The van der Waals surface area contributed by atoms with Crippen molar-refractivity contribution in [2.24, 2.45) is 0 Å². The Morgan fingerprint density at radius 1 is 1.35 bits per heavy atom. The molecule has 7 heteroatoms. The van der Waals surface area contributed by atoms with E-state index in [1.165, 1.54) is 6.33 Å². The van der Waals surface area contributed by atoms with E-state index in [2.05, 4.69) is 10.2 Å². The van der Waals surface area contributed by atoms with Gasteiger partial charge in [0.05, 0.1) is 0 Å². The standard InChI is InChI=1S/C10H8N4O3/c11-10-13-12-4-14(10)9(15)6-1-2-7-8(3-6)17-5-16-7/h1-4H,5H2,(H2,11,13). The van der Waals surface area contributed by atoms with E-state index in [-0.39, 0.29) is 18.6 Å². The number of fused-ring (bicyclic) bond motifs is 1. The van der Waals surface area contributed by atoms with Crippen molar-refractivity contribution in [3.05, 3.63) is 30.1 Å². The van der Waals surface area contributed by atoms with Crippen molar-refractivity contribution in [2.75, 3.05) is 12.5 Å². The van der Waals surface area contributed by atoms with Crippen LogP contribution >= 0.6 is 0 Å². The Morgan fingerprint density at radius 3 is 2.94 bits per heavy atom. The van der Waals surface area contributed by atoms with Gasteiger partial charge in [-0.15, -0.1) is 10.2 Å². The van der Waals surface area contributed by atoms with E-state index in [1.54, 1.807) is 18.2 Å². The van der Waals surface area contributed by atoms with Crippen molar-refractivity contribution in [1.29, 1.82) is 0 Å². The largest absolute Gasteiger partial charge is 0.454 e. The number of hydrogen-bond donors (Lipinski definition) is 1. The fourth-order valence-corrected chi connectivity index (χ4v) is 1.57. The smallest absolute Gasteiger partial charge is 0.266 e. The molecule has 0 fully saturated rings. The molecule has 0 aliphatic carbocycles. The first-order valence-electron chi connectivity index (χ1n) is 4.85. The Hall–Kier alpha value is -2.57. The summed E-state index contributed by atoms with van der Waals surface area (Å²) in [6, 6.07) is 4.91. The van der Waals surface area contributed by atoms with Crippen LogP contribution in [-0.4, -0.2) is 27.5 Å². The zero-order valence-corrected chi connectivity index (χ0v) is 8.66. The van der Waals surface area contributed by atoms with Gasteiger partial charge in [0.2, 0.25) is 12.7 Å². The predicted octanol–water partition coefficient (Wildman–Crippen LogP) is 0.277. The van der Waals surface area contributed by atoms with Gasteiger partial charge in [-0.05, 0) is 18.2 Å². The highest BCUT2D eigenvalue weighted by Gasteiger charge is 2.18. The molecule has 3 rings (SSSR count). The number of carbonyl (C=O) groups excluding carboxylic acids is 1. The van der Waals surface area contributed by atoms with Gasteiger partial charge in [-0.2, -0.15) is 0 Å². The third kappa shape index (κ3) is 1.48. The molecule has 1 aliphatic rings. The highest BCUT2D eigenvalue weighted by Crippen LogP contribution is 2.32. The Morgan fingerprint density at radius 2 is 2.18 bits per heavy atom. The van der Waals surface area contributed by atoms with Crippen molar-refractivity contribution < 1.29 is 14.3 Å². The van der Waals surface area contributed by atoms with Crippen molar-refractivity contribution in [1.82, 2.24) is 14.8 Å². The summed E-state index contributed by atoms with van der Waals surface area (Å²) in [4.78, 5) is 12.0. The number of nitrogen functional groups attached to an aromatic ring is 1. The Bertz CT molecular complexity index is 593. The molecule has 2 heterocycles. The van der Waals surface area contributed by atoms with Crippen LogP contribution in [0.15, 0.2) is 24.5 Å². The zero-order chi connectivity index (χ0) is 11.8. The average molecular weight is 232 g/mol. The first kappa shape index (κ1) is 9.64. The molecule has 0 unspecified atom stereocenters. The van der Waals surface area contributed by atoms with Gasteiger partial charge < -0.3 is 15.2 Å².